The van der Waals surface area contributed by atoms with Crippen LogP contribution in [0, 0.1) is 0 Å². The van der Waals surface area contributed by atoms with Gasteiger partial charge in [-0.15, -0.1) is 0 Å². The zero-order valence-electron chi connectivity index (χ0n) is 18.1. The number of hydrogen-bond donors (Lipinski definition) is 1. The van der Waals surface area contributed by atoms with E-state index in [1.165, 1.54) is 0 Å². The Morgan fingerprint density at radius 1 is 1.15 bits per heavy atom. The molecule has 1 N–H and O–H groups in total. The molecule has 3 aromatic rings. The Kier molecular flexibility index (Phi) is 5.65. The van der Waals surface area contributed by atoms with Gasteiger partial charge in [-0.05, 0) is 36.2 Å². The lowest BCUT2D eigenvalue weighted by molar-refractivity contribution is -0.135. The van der Waals surface area contributed by atoms with Crippen molar-refractivity contribution in [1.82, 2.24) is 25.5 Å². The third-order valence-electron chi connectivity index (χ3n) is 5.77. The van der Waals surface area contributed by atoms with Gasteiger partial charge in [-0.3, -0.25) is 4.79 Å². The topological polar surface area (TPSA) is 93.0 Å². The van der Waals surface area contributed by atoms with Gasteiger partial charge in [0.15, 0.2) is 0 Å². The van der Waals surface area contributed by atoms with Gasteiger partial charge in [0.1, 0.15) is 24.1 Å². The van der Waals surface area contributed by atoms with Crippen LogP contribution < -0.4 is 14.9 Å². The van der Waals surface area contributed by atoms with Gasteiger partial charge >= 0.3 is 0 Å². The molecule has 1 aromatic heterocycles. The van der Waals surface area contributed by atoms with E-state index in [2.05, 4.69) is 15.6 Å². The molecular weight excluding hydrogens is 446 g/mol. The molecule has 2 aromatic carbocycles. The molecule has 0 radical (unpaired) electrons. The molecular formula is C23H22ClN5O4. The van der Waals surface area contributed by atoms with Crippen LogP contribution in [0.5, 0.6) is 11.5 Å². The van der Waals surface area contributed by atoms with Crippen molar-refractivity contribution in [3.63, 3.8) is 0 Å². The number of rotatable bonds is 6. The molecule has 170 valence electrons. The van der Waals surface area contributed by atoms with Gasteiger partial charge in [-0.1, -0.05) is 28.9 Å². The second-order valence-corrected chi connectivity index (χ2v) is 8.17. The van der Waals surface area contributed by atoms with Crippen LogP contribution in [0.4, 0.5) is 0 Å². The lowest BCUT2D eigenvalue weighted by Gasteiger charge is -2.30. The predicted octanol–water partition coefficient (Wildman–Crippen LogP) is 3.54. The number of fused-ring (bicyclic) bond motifs is 1. The predicted molar refractivity (Wildman–Crippen MR) is 120 cm³/mol. The molecule has 33 heavy (non-hydrogen) atoms. The fraction of sp³-hybridized carbons (Fsp3) is 0.261. The lowest BCUT2D eigenvalue weighted by Crippen LogP contribution is -2.47. The molecule has 1 saturated heterocycles. The number of hydrazine groups is 1. The van der Waals surface area contributed by atoms with Crippen LogP contribution >= 0.6 is 11.6 Å². The number of benzene rings is 2. The van der Waals surface area contributed by atoms with Crippen LogP contribution in [0.1, 0.15) is 23.9 Å². The average Bonchev–Trinajstić information content (AvgIpc) is 3.48. The molecule has 2 aliphatic rings. The maximum atomic E-state index is 13.1. The first-order chi connectivity index (χ1) is 16.1. The van der Waals surface area contributed by atoms with Crippen LogP contribution in [0.15, 0.2) is 59.4 Å². The van der Waals surface area contributed by atoms with Gasteiger partial charge < -0.3 is 23.9 Å². The van der Waals surface area contributed by atoms with E-state index in [1.807, 2.05) is 35.5 Å². The average molecular weight is 468 g/mol. The molecule has 2 atom stereocenters. The Balaban J connectivity index is 1.29. The van der Waals surface area contributed by atoms with Crippen molar-refractivity contribution in [2.24, 2.45) is 0 Å². The zero-order chi connectivity index (χ0) is 22.9. The number of amides is 1. The SMILES string of the molecule is COc1ccc(-c2noc(CN3C=CN4NC(c5ccc(Cl)cc5)CC4C3=O)n2)c(OC)c1. The fourth-order valence-electron chi connectivity index (χ4n) is 4.04. The summed E-state index contributed by atoms with van der Waals surface area (Å²) in [5.74, 6) is 1.90. The summed E-state index contributed by atoms with van der Waals surface area (Å²) in [6.45, 7) is 0.177. The van der Waals surface area contributed by atoms with Crippen LogP contribution in [-0.2, 0) is 11.3 Å². The Morgan fingerprint density at radius 2 is 1.97 bits per heavy atom. The van der Waals surface area contributed by atoms with Crippen LogP contribution in [0.3, 0.4) is 0 Å². The number of hydrogen-bond acceptors (Lipinski definition) is 8. The van der Waals surface area contributed by atoms with Gasteiger partial charge in [0.25, 0.3) is 5.91 Å². The summed E-state index contributed by atoms with van der Waals surface area (Å²) in [5, 5.41) is 6.59. The summed E-state index contributed by atoms with van der Waals surface area (Å²) in [6.07, 6.45) is 4.21. The van der Waals surface area contributed by atoms with E-state index < -0.39 is 0 Å². The van der Waals surface area contributed by atoms with Crippen LogP contribution in [-0.4, -0.2) is 46.2 Å². The molecule has 0 saturated carbocycles. The van der Waals surface area contributed by atoms with E-state index in [-0.39, 0.29) is 24.5 Å². The second-order valence-electron chi connectivity index (χ2n) is 7.73. The smallest absolute Gasteiger partial charge is 0.251 e. The van der Waals surface area contributed by atoms with E-state index in [1.54, 1.807) is 43.5 Å². The zero-order valence-corrected chi connectivity index (χ0v) is 18.8. The van der Waals surface area contributed by atoms with Crippen LogP contribution in [0.25, 0.3) is 11.4 Å². The third kappa shape index (κ3) is 4.12. The first kappa shape index (κ1) is 21.3. The summed E-state index contributed by atoms with van der Waals surface area (Å²) in [5.41, 5.74) is 5.12. The highest BCUT2D eigenvalue weighted by atomic mass is 35.5. The van der Waals surface area contributed by atoms with E-state index in [0.29, 0.717) is 40.2 Å². The number of carbonyl (C=O) groups is 1. The summed E-state index contributed by atoms with van der Waals surface area (Å²) < 4.78 is 16.1. The molecule has 3 heterocycles. The van der Waals surface area contributed by atoms with Gasteiger partial charge in [0, 0.05) is 23.5 Å². The van der Waals surface area contributed by atoms with Gasteiger partial charge in [0.2, 0.25) is 11.7 Å². The van der Waals surface area contributed by atoms with Crippen molar-refractivity contribution in [3.05, 3.63) is 71.3 Å². The number of methoxy groups -OCH3 is 2. The third-order valence-corrected chi connectivity index (χ3v) is 6.02. The minimum Gasteiger partial charge on any atom is -0.497 e. The highest BCUT2D eigenvalue weighted by molar-refractivity contribution is 6.30. The van der Waals surface area contributed by atoms with E-state index >= 15 is 0 Å². The lowest BCUT2D eigenvalue weighted by atomic mass is 10.0. The van der Waals surface area contributed by atoms with Crippen LogP contribution in [0.2, 0.25) is 5.02 Å². The molecule has 10 heteroatoms. The normalized spacial score (nSPS) is 19.7. The van der Waals surface area contributed by atoms with Gasteiger partial charge in [-0.2, -0.15) is 4.98 Å². The molecule has 0 spiro atoms. The summed E-state index contributed by atoms with van der Waals surface area (Å²) in [4.78, 5) is 19.2. The van der Waals surface area contributed by atoms with Crippen molar-refractivity contribution in [2.45, 2.75) is 25.0 Å². The second kappa shape index (κ2) is 8.76. The number of nitrogens with one attached hydrogen (secondary N) is 1. The Bertz CT molecular complexity index is 1200. The summed E-state index contributed by atoms with van der Waals surface area (Å²) >= 11 is 6.00. The maximum Gasteiger partial charge on any atom is 0.251 e. The van der Waals surface area contributed by atoms with E-state index in [0.717, 1.165) is 5.56 Å². The Hall–Kier alpha value is -3.56. The summed E-state index contributed by atoms with van der Waals surface area (Å²) in [7, 11) is 3.15. The molecule has 1 amide bonds. The van der Waals surface area contributed by atoms with Crippen molar-refractivity contribution < 1.29 is 18.8 Å². The van der Waals surface area contributed by atoms with Crippen molar-refractivity contribution in [2.75, 3.05) is 14.2 Å². The molecule has 2 unspecified atom stereocenters. The molecule has 0 bridgehead atoms. The first-order valence-electron chi connectivity index (χ1n) is 10.4. The summed E-state index contributed by atoms with van der Waals surface area (Å²) in [6, 6.07) is 12.7. The van der Waals surface area contributed by atoms with Crippen molar-refractivity contribution >= 4 is 17.5 Å². The minimum atomic E-state index is -0.320. The van der Waals surface area contributed by atoms with Gasteiger partial charge in [-0.25, -0.2) is 5.43 Å². The van der Waals surface area contributed by atoms with Crippen molar-refractivity contribution in [1.29, 1.82) is 0 Å². The first-order valence-corrected chi connectivity index (χ1v) is 10.8. The Labute approximate surface area is 195 Å². The Morgan fingerprint density at radius 3 is 2.73 bits per heavy atom. The number of ether oxygens (including phenoxy) is 2. The maximum absolute atomic E-state index is 13.1. The highest BCUT2D eigenvalue weighted by Gasteiger charge is 2.40. The molecule has 2 aliphatic heterocycles. The van der Waals surface area contributed by atoms with Crippen molar-refractivity contribution in [3.8, 4) is 22.9 Å². The monoisotopic (exact) mass is 467 g/mol. The number of carbonyl (C=O) groups excluding carboxylic acids is 1. The number of halogens is 1. The molecule has 9 nitrogen and oxygen atoms in total. The molecule has 1 fully saturated rings. The highest BCUT2D eigenvalue weighted by Crippen LogP contribution is 2.33. The fourth-order valence-corrected chi connectivity index (χ4v) is 4.16. The van der Waals surface area contributed by atoms with E-state index in [9.17, 15) is 4.79 Å². The molecule has 5 rings (SSSR count). The van der Waals surface area contributed by atoms with Gasteiger partial charge in [0.05, 0.1) is 25.8 Å². The van der Waals surface area contributed by atoms with E-state index in [4.69, 9.17) is 25.6 Å². The quantitative estimate of drug-likeness (QED) is 0.588. The largest absolute Gasteiger partial charge is 0.497 e. The number of aromatic nitrogens is 2. The minimum absolute atomic E-state index is 0.0263. The standard InChI is InChI=1S/C23H22ClN5O4/c1-31-16-7-8-17(20(11-16)32-2)22-25-21(33-27-22)13-28-9-10-29-19(23(28)30)12-18(26-29)14-3-5-15(24)6-4-14/h3-11,18-19,26H,12-13H2,1-2H3. The number of nitrogens with zero attached hydrogens (tertiary/aromatic N) is 4. The molecule has 0 aliphatic carbocycles.